The van der Waals surface area contributed by atoms with Crippen molar-refractivity contribution in [2.24, 2.45) is 5.92 Å². The molecule has 0 aromatic carbocycles. The molecule has 0 aliphatic carbocycles. The van der Waals surface area contributed by atoms with Crippen molar-refractivity contribution in [2.75, 3.05) is 0 Å². The van der Waals surface area contributed by atoms with E-state index in [1.807, 2.05) is 0 Å². The lowest BCUT2D eigenvalue weighted by Gasteiger charge is -2.27. The molecule has 0 aliphatic heterocycles. The van der Waals surface area contributed by atoms with E-state index in [1.165, 1.54) is 0 Å². The van der Waals surface area contributed by atoms with Crippen molar-refractivity contribution in [3.05, 3.63) is 0 Å². The van der Waals surface area contributed by atoms with Gasteiger partial charge >= 0.3 is 7.82 Å². The van der Waals surface area contributed by atoms with E-state index >= 15 is 0 Å². The predicted octanol–water partition coefficient (Wildman–Crippen LogP) is 4.65. The molecule has 2 N–H and O–H groups in total. The summed E-state index contributed by atoms with van der Waals surface area (Å²) in [6.45, 7) is 6.37. The Kier molecular flexibility index (Phi) is 10.9. The van der Waals surface area contributed by atoms with Crippen LogP contribution < -0.4 is 0 Å². The third kappa shape index (κ3) is 10.5. The van der Waals surface area contributed by atoms with E-state index in [9.17, 15) is 4.57 Å². The maximum absolute atomic E-state index is 11.1. The number of phosphoric acid groups is 1. The minimum Gasteiger partial charge on any atom is -0.303 e. The standard InChI is InChI=1S/C14H31O4P/c1-4-7-10-13(11-8-5-2)14(12-9-6-3)18-19(15,16)17/h13-14H,4-12H2,1-3H3,(H2,15,16,17). The minimum absolute atomic E-state index is 0.277. The van der Waals surface area contributed by atoms with Gasteiger partial charge in [0.05, 0.1) is 6.10 Å². The van der Waals surface area contributed by atoms with Gasteiger partial charge in [-0.25, -0.2) is 4.57 Å². The van der Waals surface area contributed by atoms with Crippen LogP contribution >= 0.6 is 7.82 Å². The lowest BCUT2D eigenvalue weighted by Crippen LogP contribution is -2.23. The third-order valence-electron chi connectivity index (χ3n) is 3.50. The van der Waals surface area contributed by atoms with Gasteiger partial charge < -0.3 is 9.79 Å². The van der Waals surface area contributed by atoms with Crippen LogP contribution in [0, 0.1) is 5.92 Å². The van der Waals surface area contributed by atoms with Gasteiger partial charge in [-0.3, -0.25) is 4.52 Å². The van der Waals surface area contributed by atoms with Gasteiger partial charge in [-0.15, -0.1) is 0 Å². The Hall–Kier alpha value is 0.110. The molecule has 0 aromatic rings. The highest BCUT2D eigenvalue weighted by atomic mass is 31.2. The zero-order chi connectivity index (χ0) is 14.7. The van der Waals surface area contributed by atoms with Crippen molar-refractivity contribution >= 4 is 7.82 Å². The summed E-state index contributed by atoms with van der Waals surface area (Å²) in [6, 6.07) is 0. The maximum Gasteiger partial charge on any atom is 0.469 e. The van der Waals surface area contributed by atoms with Crippen LogP contribution in [0.5, 0.6) is 0 Å². The van der Waals surface area contributed by atoms with E-state index < -0.39 is 7.82 Å². The molecule has 1 atom stereocenters. The summed E-state index contributed by atoms with van der Waals surface area (Å²) in [4.78, 5) is 18.2. The van der Waals surface area contributed by atoms with Gasteiger partial charge in [-0.2, -0.15) is 0 Å². The normalized spacial score (nSPS) is 14.0. The second-order valence-electron chi connectivity index (χ2n) is 5.32. The molecule has 0 saturated carbocycles. The van der Waals surface area contributed by atoms with Crippen LogP contribution in [0.15, 0.2) is 0 Å². The van der Waals surface area contributed by atoms with Crippen LogP contribution in [0.3, 0.4) is 0 Å². The molecule has 0 rings (SSSR count). The predicted molar refractivity (Wildman–Crippen MR) is 79.0 cm³/mol. The van der Waals surface area contributed by atoms with E-state index in [2.05, 4.69) is 20.8 Å². The molecule has 0 saturated heterocycles. The van der Waals surface area contributed by atoms with Gasteiger partial charge in [0.25, 0.3) is 0 Å². The van der Waals surface area contributed by atoms with Crippen molar-refractivity contribution < 1.29 is 18.9 Å². The molecule has 116 valence electrons. The van der Waals surface area contributed by atoms with Crippen molar-refractivity contribution in [2.45, 2.75) is 84.7 Å². The summed E-state index contributed by atoms with van der Waals surface area (Å²) in [6.07, 6.45) is 8.87. The van der Waals surface area contributed by atoms with E-state index in [-0.39, 0.29) is 12.0 Å². The summed E-state index contributed by atoms with van der Waals surface area (Å²) >= 11 is 0. The highest BCUT2D eigenvalue weighted by Gasteiger charge is 2.28. The zero-order valence-corrected chi connectivity index (χ0v) is 13.6. The average molecular weight is 294 g/mol. The molecule has 1 unspecified atom stereocenters. The van der Waals surface area contributed by atoms with Gasteiger partial charge in [0.2, 0.25) is 0 Å². The van der Waals surface area contributed by atoms with Crippen LogP contribution in [0.2, 0.25) is 0 Å². The van der Waals surface area contributed by atoms with Crippen molar-refractivity contribution in [1.29, 1.82) is 0 Å². The Labute approximate surface area is 118 Å². The van der Waals surface area contributed by atoms with Gasteiger partial charge in [-0.05, 0) is 25.2 Å². The number of hydrogen-bond donors (Lipinski definition) is 2. The van der Waals surface area contributed by atoms with Crippen LogP contribution in [0.25, 0.3) is 0 Å². The van der Waals surface area contributed by atoms with Gasteiger partial charge in [0.15, 0.2) is 0 Å². The number of hydrogen-bond acceptors (Lipinski definition) is 2. The molecule has 5 heteroatoms. The Morgan fingerprint density at radius 3 is 1.68 bits per heavy atom. The highest BCUT2D eigenvalue weighted by Crippen LogP contribution is 2.42. The Balaban J connectivity index is 4.61. The van der Waals surface area contributed by atoms with Crippen LogP contribution in [-0.2, 0) is 9.09 Å². The number of rotatable bonds is 12. The van der Waals surface area contributed by atoms with E-state index in [0.29, 0.717) is 0 Å². The molecule has 0 bridgehead atoms. The first-order chi connectivity index (χ1) is 8.94. The first kappa shape index (κ1) is 19.1. The van der Waals surface area contributed by atoms with Gasteiger partial charge in [0, 0.05) is 0 Å². The second kappa shape index (κ2) is 10.8. The Morgan fingerprint density at radius 2 is 1.32 bits per heavy atom. The van der Waals surface area contributed by atoms with E-state index in [4.69, 9.17) is 14.3 Å². The number of unbranched alkanes of at least 4 members (excludes halogenated alkanes) is 3. The molecule has 4 nitrogen and oxygen atoms in total. The molecule has 0 amide bonds. The molecular weight excluding hydrogens is 263 g/mol. The first-order valence-corrected chi connectivity index (χ1v) is 9.21. The molecule has 0 aromatic heterocycles. The topological polar surface area (TPSA) is 66.8 Å². The zero-order valence-electron chi connectivity index (χ0n) is 12.7. The van der Waals surface area contributed by atoms with Crippen molar-refractivity contribution in [1.82, 2.24) is 0 Å². The van der Waals surface area contributed by atoms with E-state index in [0.717, 1.165) is 57.8 Å². The third-order valence-corrected chi connectivity index (χ3v) is 4.04. The molecule has 0 aliphatic rings. The van der Waals surface area contributed by atoms with Crippen LogP contribution in [0.1, 0.15) is 78.6 Å². The highest BCUT2D eigenvalue weighted by molar-refractivity contribution is 7.46. The first-order valence-electron chi connectivity index (χ1n) is 7.68. The van der Waals surface area contributed by atoms with Crippen molar-refractivity contribution in [3.8, 4) is 0 Å². The monoisotopic (exact) mass is 294 g/mol. The Bertz CT molecular complexity index is 244. The summed E-state index contributed by atoms with van der Waals surface area (Å²) in [7, 11) is -4.38. The lowest BCUT2D eigenvalue weighted by molar-refractivity contribution is 0.0702. The largest absolute Gasteiger partial charge is 0.469 e. The molecular formula is C14H31O4P. The van der Waals surface area contributed by atoms with Gasteiger partial charge in [-0.1, -0.05) is 59.3 Å². The van der Waals surface area contributed by atoms with Crippen LogP contribution in [0.4, 0.5) is 0 Å². The molecule has 0 radical (unpaired) electrons. The molecule has 0 heterocycles. The quantitative estimate of drug-likeness (QED) is 0.514. The molecule has 0 fully saturated rings. The summed E-state index contributed by atoms with van der Waals surface area (Å²) in [5.74, 6) is 0.277. The maximum atomic E-state index is 11.1. The minimum atomic E-state index is -4.38. The SMILES string of the molecule is CCCCC(CCCC)C(CCCC)OP(=O)(O)O. The van der Waals surface area contributed by atoms with Gasteiger partial charge in [0.1, 0.15) is 0 Å². The molecule has 19 heavy (non-hydrogen) atoms. The van der Waals surface area contributed by atoms with E-state index in [1.54, 1.807) is 0 Å². The molecule has 0 spiro atoms. The average Bonchev–Trinajstić information content (AvgIpc) is 2.33. The lowest BCUT2D eigenvalue weighted by atomic mass is 9.88. The Morgan fingerprint density at radius 1 is 0.895 bits per heavy atom. The van der Waals surface area contributed by atoms with Crippen molar-refractivity contribution in [3.63, 3.8) is 0 Å². The second-order valence-corrected chi connectivity index (χ2v) is 6.51. The fourth-order valence-corrected chi connectivity index (χ4v) is 3.04. The number of phosphoric ester groups is 1. The fourth-order valence-electron chi connectivity index (χ4n) is 2.40. The summed E-state index contributed by atoms with van der Waals surface area (Å²) in [5.41, 5.74) is 0. The summed E-state index contributed by atoms with van der Waals surface area (Å²) in [5, 5.41) is 0. The smallest absolute Gasteiger partial charge is 0.303 e. The summed E-state index contributed by atoms with van der Waals surface area (Å²) < 4.78 is 16.2. The van der Waals surface area contributed by atoms with Crippen LogP contribution in [-0.4, -0.2) is 15.9 Å². The fraction of sp³-hybridized carbons (Fsp3) is 1.00.